The number of hydrogen-bond donors (Lipinski definition) is 1. The van der Waals surface area contributed by atoms with Crippen LogP contribution in [0.3, 0.4) is 0 Å². The van der Waals surface area contributed by atoms with E-state index < -0.39 is 11.7 Å². The summed E-state index contributed by atoms with van der Waals surface area (Å²) in [6.45, 7) is 2.20. The van der Waals surface area contributed by atoms with Gasteiger partial charge in [-0.15, -0.1) is 0 Å². The van der Waals surface area contributed by atoms with Crippen LogP contribution in [0.1, 0.15) is 12.5 Å². The first-order valence-electron chi connectivity index (χ1n) is 6.14. The fourth-order valence-corrected chi connectivity index (χ4v) is 1.64. The molecule has 7 heteroatoms. The molecule has 2 N–H and O–H groups in total. The molecule has 0 spiro atoms. The smallest absolute Gasteiger partial charge is 0.416 e. The van der Waals surface area contributed by atoms with Crippen LogP contribution in [0.15, 0.2) is 36.5 Å². The van der Waals surface area contributed by atoms with Gasteiger partial charge in [0.15, 0.2) is 11.5 Å². The number of nitrogen functional groups attached to an aromatic ring is 1. The third kappa shape index (κ3) is 3.56. The van der Waals surface area contributed by atoms with E-state index in [4.69, 9.17) is 15.2 Å². The van der Waals surface area contributed by atoms with Crippen molar-refractivity contribution in [2.24, 2.45) is 0 Å². The number of nitrogens with zero attached hydrogens (tertiary/aromatic N) is 1. The summed E-state index contributed by atoms with van der Waals surface area (Å²) in [4.78, 5) is 3.98. The summed E-state index contributed by atoms with van der Waals surface area (Å²) in [7, 11) is 0. The van der Waals surface area contributed by atoms with Crippen molar-refractivity contribution in [3.63, 3.8) is 0 Å². The summed E-state index contributed by atoms with van der Waals surface area (Å²) < 4.78 is 48.4. The number of hydrogen-bond acceptors (Lipinski definition) is 4. The monoisotopic (exact) mass is 298 g/mol. The second-order valence-electron chi connectivity index (χ2n) is 4.09. The number of nitrogens with two attached hydrogens (primary N) is 1. The minimum atomic E-state index is -4.45. The summed E-state index contributed by atoms with van der Waals surface area (Å²) in [5.74, 6) is 0.618. The van der Waals surface area contributed by atoms with Crippen molar-refractivity contribution < 1.29 is 22.6 Å². The van der Waals surface area contributed by atoms with E-state index in [1.807, 2.05) is 0 Å². The second-order valence-corrected chi connectivity index (χ2v) is 4.09. The highest BCUT2D eigenvalue weighted by molar-refractivity contribution is 5.56. The van der Waals surface area contributed by atoms with Crippen LogP contribution < -0.4 is 15.2 Å². The van der Waals surface area contributed by atoms with Gasteiger partial charge in [0.1, 0.15) is 0 Å². The van der Waals surface area contributed by atoms with E-state index >= 15 is 0 Å². The van der Waals surface area contributed by atoms with Gasteiger partial charge in [-0.05, 0) is 37.3 Å². The number of aromatic nitrogens is 1. The van der Waals surface area contributed by atoms with E-state index in [1.165, 1.54) is 6.20 Å². The van der Waals surface area contributed by atoms with E-state index in [9.17, 15) is 13.2 Å². The molecule has 0 atom stereocenters. The number of rotatable bonds is 4. The maximum Gasteiger partial charge on any atom is 0.416 e. The van der Waals surface area contributed by atoms with E-state index in [1.54, 1.807) is 19.1 Å². The van der Waals surface area contributed by atoms with Crippen LogP contribution >= 0.6 is 0 Å². The lowest BCUT2D eigenvalue weighted by Crippen LogP contribution is -2.06. The maximum absolute atomic E-state index is 12.6. The fraction of sp³-hybridized carbons (Fsp3) is 0.214. The normalized spacial score (nSPS) is 11.2. The molecule has 0 radical (unpaired) electrons. The molecule has 0 fully saturated rings. The number of pyridine rings is 1. The average molecular weight is 298 g/mol. The lowest BCUT2D eigenvalue weighted by molar-refractivity contribution is -0.137. The largest absolute Gasteiger partial charge is 0.488 e. The van der Waals surface area contributed by atoms with Crippen LogP contribution in [-0.2, 0) is 6.18 Å². The number of halogens is 3. The molecule has 0 aliphatic rings. The van der Waals surface area contributed by atoms with E-state index in [0.717, 1.165) is 18.2 Å². The number of benzene rings is 1. The Kier molecular flexibility index (Phi) is 4.21. The molecule has 0 saturated carbocycles. The molecule has 2 rings (SSSR count). The van der Waals surface area contributed by atoms with E-state index in [2.05, 4.69) is 4.98 Å². The SMILES string of the molecule is CCOc1cccnc1Oc1ccc(C(F)(F)F)cc1N. The first-order chi connectivity index (χ1) is 9.91. The van der Waals surface area contributed by atoms with Crippen LogP contribution in [-0.4, -0.2) is 11.6 Å². The zero-order valence-electron chi connectivity index (χ0n) is 11.1. The lowest BCUT2D eigenvalue weighted by Gasteiger charge is -2.13. The molecule has 112 valence electrons. The van der Waals surface area contributed by atoms with Gasteiger partial charge in [0.2, 0.25) is 0 Å². The summed E-state index contributed by atoms with van der Waals surface area (Å²) >= 11 is 0. The van der Waals surface area contributed by atoms with Gasteiger partial charge in [0.25, 0.3) is 5.88 Å². The Morgan fingerprint density at radius 3 is 2.57 bits per heavy atom. The topological polar surface area (TPSA) is 57.4 Å². The van der Waals surface area contributed by atoms with Gasteiger partial charge in [-0.1, -0.05) is 0 Å². The Balaban J connectivity index is 2.28. The Hall–Kier alpha value is -2.44. The Labute approximate surface area is 119 Å². The molecule has 0 saturated heterocycles. The highest BCUT2D eigenvalue weighted by Crippen LogP contribution is 2.36. The lowest BCUT2D eigenvalue weighted by atomic mass is 10.2. The fourth-order valence-electron chi connectivity index (χ4n) is 1.64. The van der Waals surface area contributed by atoms with Crippen LogP contribution in [0.5, 0.6) is 17.4 Å². The van der Waals surface area contributed by atoms with E-state index in [-0.39, 0.29) is 17.3 Å². The maximum atomic E-state index is 12.6. The van der Waals surface area contributed by atoms with Crippen LogP contribution in [0.4, 0.5) is 18.9 Å². The van der Waals surface area contributed by atoms with Gasteiger partial charge in [-0.25, -0.2) is 4.98 Å². The zero-order chi connectivity index (χ0) is 15.5. The molecule has 4 nitrogen and oxygen atoms in total. The van der Waals surface area contributed by atoms with Crippen molar-refractivity contribution in [2.75, 3.05) is 12.3 Å². The summed E-state index contributed by atoms with van der Waals surface area (Å²) in [5, 5.41) is 0. The summed E-state index contributed by atoms with van der Waals surface area (Å²) in [5.41, 5.74) is 4.63. The van der Waals surface area contributed by atoms with Crippen LogP contribution in [0, 0.1) is 0 Å². The molecule has 2 aromatic rings. The third-order valence-electron chi connectivity index (χ3n) is 2.58. The third-order valence-corrected chi connectivity index (χ3v) is 2.58. The Bertz CT molecular complexity index is 630. The van der Waals surface area contributed by atoms with Gasteiger partial charge < -0.3 is 15.2 Å². The number of ether oxygens (including phenoxy) is 2. The van der Waals surface area contributed by atoms with Crippen molar-refractivity contribution in [1.82, 2.24) is 4.98 Å². The molecule has 0 amide bonds. The average Bonchev–Trinajstić information content (AvgIpc) is 2.42. The predicted octanol–water partition coefficient (Wildman–Crippen LogP) is 3.87. The minimum absolute atomic E-state index is 0.0858. The Morgan fingerprint density at radius 1 is 1.19 bits per heavy atom. The van der Waals surface area contributed by atoms with Gasteiger partial charge in [-0.3, -0.25) is 0 Å². The molecule has 0 aliphatic heterocycles. The molecular formula is C14H13F3N2O2. The van der Waals surface area contributed by atoms with Gasteiger partial charge in [0.05, 0.1) is 17.9 Å². The van der Waals surface area contributed by atoms with Crippen LogP contribution in [0.2, 0.25) is 0 Å². The molecule has 0 bridgehead atoms. The van der Waals surface area contributed by atoms with Gasteiger partial charge in [0, 0.05) is 6.20 Å². The van der Waals surface area contributed by atoms with Gasteiger partial charge in [-0.2, -0.15) is 13.2 Å². The highest BCUT2D eigenvalue weighted by Gasteiger charge is 2.31. The molecular weight excluding hydrogens is 285 g/mol. The second kappa shape index (κ2) is 5.90. The molecule has 1 aromatic carbocycles. The quantitative estimate of drug-likeness (QED) is 0.870. The van der Waals surface area contributed by atoms with Crippen LogP contribution in [0.25, 0.3) is 0 Å². The Morgan fingerprint density at radius 2 is 1.95 bits per heavy atom. The van der Waals surface area contributed by atoms with Crippen molar-refractivity contribution in [1.29, 1.82) is 0 Å². The molecule has 0 aliphatic carbocycles. The predicted molar refractivity (Wildman–Crippen MR) is 71.3 cm³/mol. The molecule has 21 heavy (non-hydrogen) atoms. The highest BCUT2D eigenvalue weighted by atomic mass is 19.4. The zero-order valence-corrected chi connectivity index (χ0v) is 11.1. The molecule has 1 aromatic heterocycles. The van der Waals surface area contributed by atoms with E-state index in [0.29, 0.717) is 12.4 Å². The van der Waals surface area contributed by atoms with Crippen molar-refractivity contribution >= 4 is 5.69 Å². The number of anilines is 1. The summed E-state index contributed by atoms with van der Waals surface area (Å²) in [6.07, 6.45) is -2.97. The molecule has 0 unspecified atom stereocenters. The molecule has 1 heterocycles. The van der Waals surface area contributed by atoms with Gasteiger partial charge >= 0.3 is 6.18 Å². The standard InChI is InChI=1S/C14H13F3N2O2/c1-2-20-12-4-3-7-19-13(12)21-11-6-5-9(8-10(11)18)14(15,16)17/h3-8H,2,18H2,1H3. The minimum Gasteiger partial charge on any atom is -0.488 e. The first kappa shape index (κ1) is 15.0. The summed E-state index contributed by atoms with van der Waals surface area (Å²) in [6, 6.07) is 6.18. The first-order valence-corrected chi connectivity index (χ1v) is 6.14. The number of alkyl halides is 3. The van der Waals surface area contributed by atoms with Crippen molar-refractivity contribution in [3.05, 3.63) is 42.1 Å². The van der Waals surface area contributed by atoms with Crippen molar-refractivity contribution in [2.45, 2.75) is 13.1 Å². The van der Waals surface area contributed by atoms with Crippen molar-refractivity contribution in [3.8, 4) is 17.4 Å².